The van der Waals surface area contributed by atoms with Gasteiger partial charge in [-0.1, -0.05) is 15.9 Å². The maximum atomic E-state index is 12.4. The number of anilines is 1. The van der Waals surface area contributed by atoms with Gasteiger partial charge >= 0.3 is 0 Å². The van der Waals surface area contributed by atoms with E-state index in [1.807, 2.05) is 19.9 Å². The van der Waals surface area contributed by atoms with E-state index < -0.39 is 5.91 Å². The zero-order chi connectivity index (χ0) is 20.0. The lowest BCUT2D eigenvalue weighted by Gasteiger charge is -2.14. The number of rotatable bonds is 8. The van der Waals surface area contributed by atoms with Gasteiger partial charge in [-0.15, -0.1) is 0 Å². The molecule has 2 amide bonds. The summed E-state index contributed by atoms with van der Waals surface area (Å²) < 4.78 is 12.0. The van der Waals surface area contributed by atoms with Gasteiger partial charge in [0.15, 0.2) is 11.5 Å². The monoisotopic (exact) mass is 434 g/mol. The van der Waals surface area contributed by atoms with E-state index in [1.54, 1.807) is 31.2 Å². The Morgan fingerprint density at radius 2 is 1.70 bits per heavy atom. The molecule has 0 heterocycles. The Morgan fingerprint density at radius 1 is 1.07 bits per heavy atom. The van der Waals surface area contributed by atoms with Gasteiger partial charge in [-0.2, -0.15) is 0 Å². The van der Waals surface area contributed by atoms with Crippen molar-refractivity contribution in [3.63, 3.8) is 0 Å². The second-order valence-electron chi connectivity index (χ2n) is 5.88. The number of carbonyl (C=O) groups is 2. The molecule has 0 aliphatic carbocycles. The van der Waals surface area contributed by atoms with Gasteiger partial charge in [-0.3, -0.25) is 9.59 Å². The number of aryl methyl sites for hydroxylation is 1. The van der Waals surface area contributed by atoms with Crippen molar-refractivity contribution in [1.29, 1.82) is 0 Å². The molecule has 0 aliphatic rings. The van der Waals surface area contributed by atoms with E-state index in [-0.39, 0.29) is 12.3 Å². The van der Waals surface area contributed by atoms with Crippen molar-refractivity contribution in [3.8, 4) is 11.5 Å². The average Bonchev–Trinajstić information content (AvgIpc) is 2.59. The molecule has 2 rings (SSSR count). The Labute approximate surface area is 167 Å². The van der Waals surface area contributed by atoms with Crippen LogP contribution in [0.4, 0.5) is 5.69 Å². The van der Waals surface area contributed by atoms with Crippen LogP contribution in [0.5, 0.6) is 11.5 Å². The van der Waals surface area contributed by atoms with Gasteiger partial charge in [0.1, 0.15) is 0 Å². The van der Waals surface area contributed by atoms with Crippen LogP contribution in [0.25, 0.3) is 0 Å². The van der Waals surface area contributed by atoms with Crippen LogP contribution in [0.2, 0.25) is 0 Å². The third-order valence-corrected chi connectivity index (χ3v) is 4.58. The fourth-order valence-corrected chi connectivity index (χ4v) is 3.11. The van der Waals surface area contributed by atoms with Crippen molar-refractivity contribution in [3.05, 3.63) is 51.5 Å². The van der Waals surface area contributed by atoms with E-state index in [0.717, 1.165) is 10.0 Å². The number of hydrogen-bond donors (Lipinski definition) is 2. The summed E-state index contributed by atoms with van der Waals surface area (Å²) in [6.45, 7) is 6.58. The minimum Gasteiger partial charge on any atom is -0.490 e. The Balaban J connectivity index is 2.16. The van der Waals surface area contributed by atoms with Crippen LogP contribution in [0.15, 0.2) is 34.8 Å². The van der Waals surface area contributed by atoms with Crippen LogP contribution in [0.3, 0.4) is 0 Å². The van der Waals surface area contributed by atoms with Gasteiger partial charge in [0, 0.05) is 15.7 Å². The highest BCUT2D eigenvalue weighted by Gasteiger charge is 2.14. The molecule has 0 aliphatic heterocycles. The number of nitrogens with two attached hydrogens (primary N) is 1. The summed E-state index contributed by atoms with van der Waals surface area (Å²) in [4.78, 5) is 23.7. The maximum absolute atomic E-state index is 12.4. The van der Waals surface area contributed by atoms with E-state index in [1.165, 1.54) is 0 Å². The second-order valence-corrected chi connectivity index (χ2v) is 6.73. The third kappa shape index (κ3) is 5.47. The highest BCUT2D eigenvalue weighted by atomic mass is 79.9. The summed E-state index contributed by atoms with van der Waals surface area (Å²) in [5, 5.41) is 2.83. The summed E-state index contributed by atoms with van der Waals surface area (Å²) in [7, 11) is 0. The molecule has 0 fully saturated rings. The molecule has 144 valence electrons. The zero-order valence-electron chi connectivity index (χ0n) is 15.6. The number of nitrogens with one attached hydrogen (secondary N) is 1. The molecule has 2 aromatic carbocycles. The van der Waals surface area contributed by atoms with Gasteiger partial charge in [-0.05, 0) is 62.2 Å². The zero-order valence-corrected chi connectivity index (χ0v) is 17.2. The van der Waals surface area contributed by atoms with Crippen LogP contribution in [-0.2, 0) is 11.2 Å². The van der Waals surface area contributed by atoms with Crippen molar-refractivity contribution in [2.75, 3.05) is 18.5 Å². The topological polar surface area (TPSA) is 90.6 Å². The first-order valence-electron chi connectivity index (χ1n) is 8.64. The minimum atomic E-state index is -0.493. The molecule has 27 heavy (non-hydrogen) atoms. The highest BCUT2D eigenvalue weighted by molar-refractivity contribution is 9.10. The molecule has 0 aromatic heterocycles. The Kier molecular flexibility index (Phi) is 7.24. The number of benzene rings is 2. The Hall–Kier alpha value is -2.54. The lowest BCUT2D eigenvalue weighted by atomic mass is 10.1. The fraction of sp³-hybridized carbons (Fsp3) is 0.300. The molecule has 6 nitrogen and oxygen atoms in total. The number of halogens is 1. The second kappa shape index (κ2) is 9.41. The van der Waals surface area contributed by atoms with Crippen molar-refractivity contribution in [1.82, 2.24) is 0 Å². The van der Waals surface area contributed by atoms with E-state index in [0.29, 0.717) is 41.5 Å². The van der Waals surface area contributed by atoms with Crippen LogP contribution in [0, 0.1) is 6.92 Å². The van der Waals surface area contributed by atoms with E-state index in [9.17, 15) is 9.59 Å². The van der Waals surface area contributed by atoms with E-state index >= 15 is 0 Å². The highest BCUT2D eigenvalue weighted by Crippen LogP contribution is 2.34. The lowest BCUT2D eigenvalue weighted by Crippen LogP contribution is -2.16. The largest absolute Gasteiger partial charge is 0.490 e. The summed E-state index contributed by atoms with van der Waals surface area (Å²) >= 11 is 3.49. The van der Waals surface area contributed by atoms with E-state index in [4.69, 9.17) is 15.2 Å². The third-order valence-electron chi connectivity index (χ3n) is 3.84. The molecule has 0 atom stereocenters. The summed E-state index contributed by atoms with van der Waals surface area (Å²) in [5.74, 6) is 0.556. The molecule has 0 radical (unpaired) electrons. The van der Waals surface area contributed by atoms with Gasteiger partial charge in [0.25, 0.3) is 0 Å². The van der Waals surface area contributed by atoms with Crippen molar-refractivity contribution in [2.45, 2.75) is 27.2 Å². The van der Waals surface area contributed by atoms with Crippen LogP contribution < -0.4 is 20.5 Å². The minimum absolute atomic E-state index is 0.156. The number of carbonyl (C=O) groups excluding carboxylic acids is 2. The number of primary amides is 1. The summed E-state index contributed by atoms with van der Waals surface area (Å²) in [5.41, 5.74) is 7.84. The molecule has 0 saturated heterocycles. The van der Waals surface area contributed by atoms with E-state index in [2.05, 4.69) is 21.2 Å². The SMILES string of the molecule is CCOc1cc(Br)c(CC(=O)Nc2ccc(C(N)=O)c(C)c2)cc1OCC. The summed E-state index contributed by atoms with van der Waals surface area (Å²) in [6.07, 6.45) is 0.156. The van der Waals surface area contributed by atoms with Gasteiger partial charge in [0.2, 0.25) is 11.8 Å². The first-order chi connectivity index (χ1) is 12.8. The summed E-state index contributed by atoms with van der Waals surface area (Å²) in [6, 6.07) is 8.59. The molecule has 0 unspecified atom stereocenters. The number of hydrogen-bond acceptors (Lipinski definition) is 4. The average molecular weight is 435 g/mol. The molecule has 2 aromatic rings. The molecule has 7 heteroatoms. The molecule has 0 bridgehead atoms. The van der Waals surface area contributed by atoms with Gasteiger partial charge < -0.3 is 20.5 Å². The van der Waals surface area contributed by atoms with Gasteiger partial charge in [-0.25, -0.2) is 0 Å². The van der Waals surface area contributed by atoms with Crippen LogP contribution in [-0.4, -0.2) is 25.0 Å². The number of ether oxygens (including phenoxy) is 2. The molecular formula is C20H23BrN2O4. The molecule has 0 saturated carbocycles. The first kappa shape index (κ1) is 20.8. The van der Waals surface area contributed by atoms with Crippen molar-refractivity contribution >= 4 is 33.4 Å². The van der Waals surface area contributed by atoms with Gasteiger partial charge in [0.05, 0.1) is 19.6 Å². The quantitative estimate of drug-likeness (QED) is 0.660. The van der Waals surface area contributed by atoms with Crippen LogP contribution >= 0.6 is 15.9 Å². The standard InChI is InChI=1S/C20H23BrN2O4/c1-4-26-17-9-13(16(21)11-18(17)27-5-2)10-19(24)23-14-6-7-15(20(22)25)12(3)8-14/h6-9,11H,4-5,10H2,1-3H3,(H2,22,25)(H,23,24). The molecular weight excluding hydrogens is 412 g/mol. The normalized spacial score (nSPS) is 10.4. The van der Waals surface area contributed by atoms with Crippen molar-refractivity contribution < 1.29 is 19.1 Å². The smallest absolute Gasteiger partial charge is 0.248 e. The predicted octanol–water partition coefficient (Wildman–Crippen LogP) is 3.84. The Morgan fingerprint density at radius 3 is 2.26 bits per heavy atom. The number of amides is 2. The molecule has 3 N–H and O–H groups in total. The Bertz CT molecular complexity index is 852. The fourth-order valence-electron chi connectivity index (χ4n) is 2.65. The lowest BCUT2D eigenvalue weighted by molar-refractivity contribution is -0.115. The first-order valence-corrected chi connectivity index (χ1v) is 9.43. The van der Waals surface area contributed by atoms with Crippen molar-refractivity contribution in [2.24, 2.45) is 5.73 Å². The molecule has 0 spiro atoms. The maximum Gasteiger partial charge on any atom is 0.248 e. The van der Waals surface area contributed by atoms with Crippen LogP contribution in [0.1, 0.15) is 35.3 Å². The predicted molar refractivity (Wildman–Crippen MR) is 109 cm³/mol.